The lowest BCUT2D eigenvalue weighted by Gasteiger charge is -2.22. The van der Waals surface area contributed by atoms with Crippen molar-refractivity contribution in [2.24, 2.45) is 5.92 Å². The largest absolute Gasteiger partial charge is 0.478 e. The van der Waals surface area contributed by atoms with Crippen molar-refractivity contribution in [1.82, 2.24) is 5.32 Å². The molecule has 1 aromatic carbocycles. The summed E-state index contributed by atoms with van der Waals surface area (Å²) in [6.45, 7) is 1.64. The number of aromatic carboxylic acids is 1. The molecule has 19 heavy (non-hydrogen) atoms. The molecule has 0 unspecified atom stereocenters. The van der Waals surface area contributed by atoms with E-state index in [1.165, 1.54) is 6.07 Å². The number of carbonyl (C=O) groups is 2. The highest BCUT2D eigenvalue weighted by Gasteiger charge is 2.22. The molecule has 3 N–H and O–H groups in total. The molecule has 0 aliphatic carbocycles. The summed E-state index contributed by atoms with van der Waals surface area (Å²) in [5, 5.41) is 15.0. The van der Waals surface area contributed by atoms with E-state index in [4.69, 9.17) is 5.11 Å². The molecule has 5 nitrogen and oxygen atoms in total. The molecule has 2 rings (SSSR count). The number of anilines is 1. The van der Waals surface area contributed by atoms with E-state index < -0.39 is 5.97 Å². The topological polar surface area (TPSA) is 78.4 Å². The van der Waals surface area contributed by atoms with Gasteiger partial charge in [0, 0.05) is 10.4 Å². The molecule has 6 heteroatoms. The van der Waals surface area contributed by atoms with Crippen LogP contribution >= 0.6 is 15.9 Å². The zero-order chi connectivity index (χ0) is 13.8. The van der Waals surface area contributed by atoms with Crippen molar-refractivity contribution in [3.63, 3.8) is 0 Å². The molecule has 0 bridgehead atoms. The highest BCUT2D eigenvalue weighted by atomic mass is 79.9. The van der Waals surface area contributed by atoms with Crippen molar-refractivity contribution in [3.05, 3.63) is 28.2 Å². The maximum absolute atomic E-state index is 12.1. The van der Waals surface area contributed by atoms with Gasteiger partial charge in [0.05, 0.1) is 11.3 Å². The molecule has 1 heterocycles. The van der Waals surface area contributed by atoms with E-state index in [0.717, 1.165) is 30.4 Å². The molecule has 0 spiro atoms. The second-order valence-corrected chi connectivity index (χ2v) is 5.42. The van der Waals surface area contributed by atoms with Crippen LogP contribution in [0.1, 0.15) is 23.2 Å². The molecule has 0 atom stereocenters. The number of hydrogen-bond donors (Lipinski definition) is 3. The summed E-state index contributed by atoms with van der Waals surface area (Å²) in [6.07, 6.45) is 1.56. The monoisotopic (exact) mass is 326 g/mol. The van der Waals surface area contributed by atoms with Gasteiger partial charge >= 0.3 is 5.97 Å². The minimum atomic E-state index is -1.05. The van der Waals surface area contributed by atoms with E-state index in [0.29, 0.717) is 5.69 Å². The Labute approximate surface area is 119 Å². The van der Waals surface area contributed by atoms with Crippen molar-refractivity contribution in [2.45, 2.75) is 12.8 Å². The Hall–Kier alpha value is -1.40. The predicted octanol–water partition coefficient (Wildman–Crippen LogP) is 2.09. The number of piperidine rings is 1. The first-order valence-electron chi connectivity index (χ1n) is 6.12. The molecule has 1 saturated heterocycles. The minimum absolute atomic E-state index is 0.0538. The van der Waals surface area contributed by atoms with Gasteiger partial charge in [0.1, 0.15) is 0 Å². The average Bonchev–Trinajstić information content (AvgIpc) is 2.39. The standard InChI is InChI=1S/C13H15BrN2O3/c14-9-1-2-10(13(18)19)11(7-9)16-12(17)8-3-5-15-6-4-8/h1-2,7-8,15H,3-6H2,(H,16,17)(H,18,19). The van der Waals surface area contributed by atoms with Crippen LogP contribution in [0.5, 0.6) is 0 Å². The highest BCUT2D eigenvalue weighted by molar-refractivity contribution is 9.10. The quantitative estimate of drug-likeness (QED) is 0.794. The smallest absolute Gasteiger partial charge is 0.337 e. The lowest BCUT2D eigenvalue weighted by atomic mass is 9.97. The normalized spacial score (nSPS) is 16.1. The number of rotatable bonds is 3. The average molecular weight is 327 g/mol. The zero-order valence-electron chi connectivity index (χ0n) is 10.3. The number of hydrogen-bond acceptors (Lipinski definition) is 3. The summed E-state index contributed by atoms with van der Waals surface area (Å²) in [4.78, 5) is 23.2. The molecule has 1 amide bonds. The lowest BCUT2D eigenvalue weighted by molar-refractivity contribution is -0.120. The van der Waals surface area contributed by atoms with Gasteiger partial charge in [-0.15, -0.1) is 0 Å². The van der Waals surface area contributed by atoms with Gasteiger partial charge in [0.25, 0.3) is 0 Å². The Morgan fingerprint density at radius 3 is 2.63 bits per heavy atom. The molecule has 1 aliphatic heterocycles. The van der Waals surface area contributed by atoms with Crippen LogP contribution < -0.4 is 10.6 Å². The molecule has 1 aliphatic rings. The molecule has 1 fully saturated rings. The number of carboxylic acid groups (broad SMARTS) is 1. The lowest BCUT2D eigenvalue weighted by Crippen LogP contribution is -2.34. The third-order valence-corrected chi connectivity index (χ3v) is 3.67. The molecular formula is C13H15BrN2O3. The number of nitrogens with one attached hydrogen (secondary N) is 2. The SMILES string of the molecule is O=C(O)c1ccc(Br)cc1NC(=O)C1CCNCC1. The number of benzene rings is 1. The van der Waals surface area contributed by atoms with Gasteiger partial charge in [-0.05, 0) is 44.1 Å². The van der Waals surface area contributed by atoms with Gasteiger partial charge in [-0.2, -0.15) is 0 Å². The van der Waals surface area contributed by atoms with Gasteiger partial charge in [-0.3, -0.25) is 4.79 Å². The van der Waals surface area contributed by atoms with Crippen LogP contribution in [-0.4, -0.2) is 30.1 Å². The van der Waals surface area contributed by atoms with Crippen molar-refractivity contribution in [1.29, 1.82) is 0 Å². The highest BCUT2D eigenvalue weighted by Crippen LogP contribution is 2.23. The molecule has 102 valence electrons. The van der Waals surface area contributed by atoms with Crippen LogP contribution in [0.2, 0.25) is 0 Å². The van der Waals surface area contributed by atoms with Gasteiger partial charge in [0.2, 0.25) is 5.91 Å². The number of carbonyl (C=O) groups excluding carboxylic acids is 1. The minimum Gasteiger partial charge on any atom is -0.478 e. The summed E-state index contributed by atoms with van der Waals surface area (Å²) in [6, 6.07) is 4.73. The van der Waals surface area contributed by atoms with Crippen LogP contribution in [0.25, 0.3) is 0 Å². The Morgan fingerprint density at radius 2 is 2.00 bits per heavy atom. The summed E-state index contributed by atoms with van der Waals surface area (Å²) >= 11 is 3.28. The Kier molecular flexibility index (Phi) is 4.55. The van der Waals surface area contributed by atoms with Crippen LogP contribution in [0.4, 0.5) is 5.69 Å². The van der Waals surface area contributed by atoms with E-state index in [-0.39, 0.29) is 17.4 Å². The molecular weight excluding hydrogens is 312 g/mol. The summed E-state index contributed by atoms with van der Waals surface area (Å²) in [5.41, 5.74) is 0.441. The first-order valence-corrected chi connectivity index (χ1v) is 6.91. The first kappa shape index (κ1) is 14.0. The number of halogens is 1. The van der Waals surface area contributed by atoms with Crippen molar-refractivity contribution >= 4 is 33.5 Å². The number of carboxylic acids is 1. The maximum Gasteiger partial charge on any atom is 0.337 e. The molecule has 0 aromatic heterocycles. The van der Waals surface area contributed by atoms with Crippen LogP contribution in [0.3, 0.4) is 0 Å². The molecule has 0 radical (unpaired) electrons. The van der Waals surface area contributed by atoms with E-state index >= 15 is 0 Å². The molecule has 1 aromatic rings. The van der Waals surface area contributed by atoms with Gasteiger partial charge < -0.3 is 15.7 Å². The van der Waals surface area contributed by atoms with Crippen LogP contribution in [0.15, 0.2) is 22.7 Å². The van der Waals surface area contributed by atoms with Crippen molar-refractivity contribution in [2.75, 3.05) is 18.4 Å². The van der Waals surface area contributed by atoms with Gasteiger partial charge in [0.15, 0.2) is 0 Å². The van der Waals surface area contributed by atoms with Gasteiger partial charge in [-0.25, -0.2) is 4.79 Å². The second kappa shape index (κ2) is 6.16. The fourth-order valence-electron chi connectivity index (χ4n) is 2.13. The fourth-order valence-corrected chi connectivity index (χ4v) is 2.49. The van der Waals surface area contributed by atoms with Crippen LogP contribution in [-0.2, 0) is 4.79 Å². The molecule has 0 saturated carbocycles. The Morgan fingerprint density at radius 1 is 1.32 bits per heavy atom. The van der Waals surface area contributed by atoms with Crippen molar-refractivity contribution in [3.8, 4) is 0 Å². The van der Waals surface area contributed by atoms with Crippen LogP contribution in [0, 0.1) is 5.92 Å². The summed E-state index contributed by atoms with van der Waals surface area (Å²) < 4.78 is 0.734. The second-order valence-electron chi connectivity index (χ2n) is 4.51. The third kappa shape index (κ3) is 3.54. The predicted molar refractivity (Wildman–Crippen MR) is 75.3 cm³/mol. The summed E-state index contributed by atoms with van der Waals surface area (Å²) in [7, 11) is 0. The first-order chi connectivity index (χ1) is 9.08. The van der Waals surface area contributed by atoms with Gasteiger partial charge in [-0.1, -0.05) is 15.9 Å². The zero-order valence-corrected chi connectivity index (χ0v) is 11.9. The fraction of sp³-hybridized carbons (Fsp3) is 0.385. The summed E-state index contributed by atoms with van der Waals surface area (Å²) in [5.74, 6) is -1.21. The Balaban J connectivity index is 2.15. The van der Waals surface area contributed by atoms with Crippen molar-refractivity contribution < 1.29 is 14.7 Å². The van der Waals surface area contributed by atoms with E-state index in [2.05, 4.69) is 26.6 Å². The number of amides is 1. The van der Waals surface area contributed by atoms with E-state index in [9.17, 15) is 9.59 Å². The van der Waals surface area contributed by atoms with E-state index in [1.807, 2.05) is 0 Å². The maximum atomic E-state index is 12.1. The van der Waals surface area contributed by atoms with E-state index in [1.54, 1.807) is 12.1 Å². The Bertz CT molecular complexity index is 499. The third-order valence-electron chi connectivity index (χ3n) is 3.18.